The van der Waals surface area contributed by atoms with Crippen LogP contribution in [0, 0.1) is 5.92 Å². The van der Waals surface area contributed by atoms with E-state index in [4.69, 9.17) is 0 Å². The number of carbonyl (C=O) groups excluding carboxylic acids is 1. The van der Waals surface area contributed by atoms with E-state index in [0.717, 1.165) is 18.5 Å². The van der Waals surface area contributed by atoms with Crippen molar-refractivity contribution in [1.29, 1.82) is 0 Å². The Bertz CT molecular complexity index is 866. The van der Waals surface area contributed by atoms with E-state index < -0.39 is 9.84 Å². The van der Waals surface area contributed by atoms with Crippen molar-refractivity contribution >= 4 is 15.7 Å². The molecule has 5 nitrogen and oxygen atoms in total. The Morgan fingerprint density at radius 3 is 2.65 bits per heavy atom. The van der Waals surface area contributed by atoms with E-state index in [-0.39, 0.29) is 16.6 Å². The van der Waals surface area contributed by atoms with Crippen molar-refractivity contribution in [3.8, 4) is 0 Å². The van der Waals surface area contributed by atoms with Crippen molar-refractivity contribution in [2.24, 2.45) is 5.92 Å². The number of benzene rings is 2. The molecule has 2 aromatic carbocycles. The molecule has 0 aromatic heterocycles. The molecule has 0 spiro atoms. The van der Waals surface area contributed by atoms with Crippen LogP contribution in [0.1, 0.15) is 22.3 Å². The first-order valence-corrected chi connectivity index (χ1v) is 10.5. The monoisotopic (exact) mass is 372 g/mol. The summed E-state index contributed by atoms with van der Waals surface area (Å²) in [5.41, 5.74) is 1.17. The predicted octanol–water partition coefficient (Wildman–Crippen LogP) is 2.34. The maximum atomic E-state index is 12.7. The van der Waals surface area contributed by atoms with Gasteiger partial charge in [0.05, 0.1) is 10.6 Å². The van der Waals surface area contributed by atoms with Crippen LogP contribution in [0.5, 0.6) is 0 Å². The lowest BCUT2D eigenvalue weighted by molar-refractivity contribution is 0.0787. The van der Waals surface area contributed by atoms with Gasteiger partial charge >= 0.3 is 0 Å². The van der Waals surface area contributed by atoms with Gasteiger partial charge in [0.15, 0.2) is 9.84 Å². The largest absolute Gasteiger partial charge is 0.338 e. The van der Waals surface area contributed by atoms with Crippen molar-refractivity contribution in [2.45, 2.75) is 17.1 Å². The molecule has 1 aliphatic rings. The molecule has 1 N–H and O–H groups in total. The summed E-state index contributed by atoms with van der Waals surface area (Å²) < 4.78 is 25.4. The zero-order chi connectivity index (χ0) is 18.6. The quantitative estimate of drug-likeness (QED) is 0.845. The first-order valence-electron chi connectivity index (χ1n) is 8.80. The van der Waals surface area contributed by atoms with Crippen LogP contribution in [0.3, 0.4) is 0 Å². The van der Waals surface area contributed by atoms with Gasteiger partial charge in [-0.1, -0.05) is 36.4 Å². The minimum atomic E-state index is -3.49. The number of rotatable bonds is 6. The van der Waals surface area contributed by atoms with Crippen LogP contribution in [0.4, 0.5) is 0 Å². The summed E-state index contributed by atoms with van der Waals surface area (Å²) in [4.78, 5) is 14.7. The molecule has 1 saturated heterocycles. The van der Waals surface area contributed by atoms with Crippen LogP contribution in [0.15, 0.2) is 59.5 Å². The number of amides is 1. The molecule has 138 valence electrons. The highest BCUT2D eigenvalue weighted by atomic mass is 32.2. The smallest absolute Gasteiger partial charge is 0.253 e. The van der Waals surface area contributed by atoms with Gasteiger partial charge in [-0.2, -0.15) is 0 Å². The zero-order valence-electron chi connectivity index (χ0n) is 14.9. The van der Waals surface area contributed by atoms with E-state index in [1.807, 2.05) is 30.1 Å². The molecular weight excluding hydrogens is 348 g/mol. The lowest BCUT2D eigenvalue weighted by Crippen LogP contribution is -2.30. The Morgan fingerprint density at radius 1 is 1.15 bits per heavy atom. The second-order valence-electron chi connectivity index (χ2n) is 6.74. The van der Waals surface area contributed by atoms with Crippen LogP contribution in [-0.2, 0) is 15.6 Å². The SMILES string of the molecule is CNCC1CCN(C(=O)c2cccc(S(=O)(=O)Cc3ccccc3)c2)C1. The van der Waals surface area contributed by atoms with E-state index in [1.54, 1.807) is 30.3 Å². The summed E-state index contributed by atoms with van der Waals surface area (Å²) in [6, 6.07) is 15.5. The molecule has 3 rings (SSSR count). The molecule has 2 aromatic rings. The molecule has 1 amide bonds. The Labute approximate surface area is 154 Å². The molecule has 1 fully saturated rings. The standard InChI is InChI=1S/C20H24N2O3S/c1-21-13-17-10-11-22(14-17)20(23)18-8-5-9-19(12-18)26(24,25)15-16-6-3-2-4-7-16/h2-9,12,17,21H,10-11,13-15H2,1H3. The molecule has 26 heavy (non-hydrogen) atoms. The average Bonchev–Trinajstić information content (AvgIpc) is 3.11. The normalized spacial score (nSPS) is 17.4. The minimum absolute atomic E-state index is 0.0700. The van der Waals surface area contributed by atoms with Gasteiger partial charge in [0.1, 0.15) is 0 Å². The third kappa shape index (κ3) is 4.31. The number of sulfone groups is 1. The second kappa shape index (κ2) is 8.01. The number of hydrogen-bond acceptors (Lipinski definition) is 4. The highest BCUT2D eigenvalue weighted by Crippen LogP contribution is 2.21. The van der Waals surface area contributed by atoms with Crippen LogP contribution in [0.2, 0.25) is 0 Å². The summed E-state index contributed by atoms with van der Waals surface area (Å²) in [7, 11) is -1.58. The lowest BCUT2D eigenvalue weighted by atomic mass is 10.1. The van der Waals surface area contributed by atoms with Crippen LogP contribution < -0.4 is 5.32 Å². The molecule has 6 heteroatoms. The van der Waals surface area contributed by atoms with Gasteiger partial charge in [-0.3, -0.25) is 4.79 Å². The lowest BCUT2D eigenvalue weighted by Gasteiger charge is -2.17. The number of carbonyl (C=O) groups is 1. The van der Waals surface area contributed by atoms with Gasteiger partial charge in [-0.25, -0.2) is 8.42 Å². The maximum Gasteiger partial charge on any atom is 0.253 e. The molecule has 0 aliphatic carbocycles. The molecule has 0 saturated carbocycles. The maximum absolute atomic E-state index is 12.7. The number of likely N-dealkylation sites (tertiary alicyclic amines) is 1. The summed E-state index contributed by atoms with van der Waals surface area (Å²) >= 11 is 0. The number of nitrogens with zero attached hydrogens (tertiary/aromatic N) is 1. The van der Waals surface area contributed by atoms with E-state index in [2.05, 4.69) is 5.32 Å². The molecule has 1 heterocycles. The summed E-state index contributed by atoms with van der Waals surface area (Å²) in [6.07, 6.45) is 0.971. The average molecular weight is 372 g/mol. The summed E-state index contributed by atoms with van der Waals surface area (Å²) in [5.74, 6) is 0.286. The van der Waals surface area contributed by atoms with E-state index in [0.29, 0.717) is 24.6 Å². The van der Waals surface area contributed by atoms with E-state index >= 15 is 0 Å². The van der Waals surface area contributed by atoms with E-state index in [9.17, 15) is 13.2 Å². The number of hydrogen-bond donors (Lipinski definition) is 1. The zero-order valence-corrected chi connectivity index (χ0v) is 15.7. The minimum Gasteiger partial charge on any atom is -0.338 e. The van der Waals surface area contributed by atoms with Gasteiger partial charge in [0.25, 0.3) is 5.91 Å². The van der Waals surface area contributed by atoms with Crippen molar-refractivity contribution in [3.63, 3.8) is 0 Å². The third-order valence-electron chi connectivity index (χ3n) is 4.71. The molecule has 1 unspecified atom stereocenters. The van der Waals surface area contributed by atoms with Crippen LogP contribution >= 0.6 is 0 Å². The van der Waals surface area contributed by atoms with Gasteiger partial charge in [-0.05, 0) is 49.7 Å². The highest BCUT2D eigenvalue weighted by Gasteiger charge is 2.27. The summed E-state index contributed by atoms with van der Waals surface area (Å²) in [5, 5.41) is 3.14. The molecule has 0 radical (unpaired) electrons. The first kappa shape index (κ1) is 18.6. The molecule has 0 bridgehead atoms. The Kier molecular flexibility index (Phi) is 5.74. The van der Waals surface area contributed by atoms with Crippen molar-refractivity contribution in [2.75, 3.05) is 26.7 Å². The van der Waals surface area contributed by atoms with Crippen molar-refractivity contribution < 1.29 is 13.2 Å². The first-order chi connectivity index (χ1) is 12.5. The Hall–Kier alpha value is -2.18. The third-order valence-corrected chi connectivity index (χ3v) is 6.39. The topological polar surface area (TPSA) is 66.5 Å². The molecular formula is C20H24N2O3S. The Morgan fingerprint density at radius 2 is 1.92 bits per heavy atom. The Balaban J connectivity index is 1.76. The van der Waals surface area contributed by atoms with Crippen LogP contribution in [0.25, 0.3) is 0 Å². The van der Waals surface area contributed by atoms with Gasteiger partial charge in [0, 0.05) is 18.7 Å². The fourth-order valence-electron chi connectivity index (χ4n) is 3.35. The highest BCUT2D eigenvalue weighted by molar-refractivity contribution is 7.90. The summed E-state index contributed by atoms with van der Waals surface area (Å²) in [6.45, 7) is 2.31. The van der Waals surface area contributed by atoms with Gasteiger partial charge in [0.2, 0.25) is 0 Å². The molecule has 1 aliphatic heterocycles. The van der Waals surface area contributed by atoms with Gasteiger partial charge < -0.3 is 10.2 Å². The van der Waals surface area contributed by atoms with Crippen LogP contribution in [-0.4, -0.2) is 45.9 Å². The van der Waals surface area contributed by atoms with Crippen molar-refractivity contribution in [1.82, 2.24) is 10.2 Å². The fraction of sp³-hybridized carbons (Fsp3) is 0.350. The van der Waals surface area contributed by atoms with Crippen molar-refractivity contribution in [3.05, 3.63) is 65.7 Å². The number of nitrogens with one attached hydrogen (secondary N) is 1. The van der Waals surface area contributed by atoms with E-state index in [1.165, 1.54) is 6.07 Å². The van der Waals surface area contributed by atoms with Gasteiger partial charge in [-0.15, -0.1) is 0 Å². The molecule has 1 atom stereocenters. The predicted molar refractivity (Wildman–Crippen MR) is 102 cm³/mol. The fourth-order valence-corrected chi connectivity index (χ4v) is 4.74. The second-order valence-corrected chi connectivity index (χ2v) is 8.73.